The van der Waals surface area contributed by atoms with E-state index in [0.717, 1.165) is 24.3 Å². The van der Waals surface area contributed by atoms with Gasteiger partial charge in [0.15, 0.2) is 0 Å². The smallest absolute Gasteiger partial charge is 0.323 e. The number of amides is 2. The first-order valence-electron chi connectivity index (χ1n) is 6.69. The summed E-state index contributed by atoms with van der Waals surface area (Å²) in [5.41, 5.74) is 0.478. The van der Waals surface area contributed by atoms with Crippen molar-refractivity contribution in [2.75, 3.05) is 23.0 Å². The van der Waals surface area contributed by atoms with Crippen molar-refractivity contribution in [3.8, 4) is 0 Å². The molecule has 1 fully saturated rings. The van der Waals surface area contributed by atoms with Crippen LogP contribution in [0.25, 0.3) is 0 Å². The van der Waals surface area contributed by atoms with Crippen LogP contribution in [0, 0.1) is 0 Å². The Hall–Kier alpha value is -1.40. The lowest BCUT2D eigenvalue weighted by atomic mass is 10.2. The van der Waals surface area contributed by atoms with E-state index in [1.54, 1.807) is 36.0 Å². The summed E-state index contributed by atoms with van der Waals surface area (Å²) in [6.07, 6.45) is 1.99. The summed E-state index contributed by atoms with van der Waals surface area (Å²) in [6, 6.07) is 6.32. The van der Waals surface area contributed by atoms with E-state index in [9.17, 15) is 9.59 Å². The van der Waals surface area contributed by atoms with Gasteiger partial charge in [0.05, 0.1) is 0 Å². The van der Waals surface area contributed by atoms with Crippen LogP contribution in [0.2, 0.25) is 5.02 Å². The van der Waals surface area contributed by atoms with E-state index >= 15 is 0 Å². The molecular formula is C14H17ClN2O3S. The number of thioether (sulfide) groups is 1. The Morgan fingerprint density at radius 1 is 1.48 bits per heavy atom. The van der Waals surface area contributed by atoms with Gasteiger partial charge < -0.3 is 10.4 Å². The number of carboxylic acids is 1. The van der Waals surface area contributed by atoms with Crippen molar-refractivity contribution in [1.82, 2.24) is 5.32 Å². The van der Waals surface area contributed by atoms with Crippen LogP contribution in [0.4, 0.5) is 10.5 Å². The number of nitrogens with one attached hydrogen (secondary N) is 1. The van der Waals surface area contributed by atoms with E-state index in [1.807, 2.05) is 0 Å². The summed E-state index contributed by atoms with van der Waals surface area (Å²) in [6.45, 7) is -0.397. The third kappa shape index (κ3) is 4.82. The van der Waals surface area contributed by atoms with Gasteiger partial charge in [0.2, 0.25) is 0 Å². The van der Waals surface area contributed by atoms with Crippen molar-refractivity contribution in [1.29, 1.82) is 0 Å². The maximum absolute atomic E-state index is 12.4. The highest BCUT2D eigenvalue weighted by Gasteiger charge is 2.23. The number of rotatable bonds is 4. The second kappa shape index (κ2) is 7.56. The minimum atomic E-state index is -1.07. The Labute approximate surface area is 132 Å². The van der Waals surface area contributed by atoms with E-state index in [1.165, 1.54) is 4.90 Å². The van der Waals surface area contributed by atoms with Gasteiger partial charge in [0, 0.05) is 22.5 Å². The largest absolute Gasteiger partial charge is 0.480 e. The molecule has 1 aromatic carbocycles. The fourth-order valence-electron chi connectivity index (χ4n) is 2.17. The molecule has 21 heavy (non-hydrogen) atoms. The lowest BCUT2D eigenvalue weighted by Crippen LogP contribution is -2.48. The summed E-state index contributed by atoms with van der Waals surface area (Å²) in [5.74, 6) is 0.907. The van der Waals surface area contributed by atoms with E-state index in [4.69, 9.17) is 16.7 Å². The summed E-state index contributed by atoms with van der Waals surface area (Å²) < 4.78 is 0. The molecule has 0 bridgehead atoms. The van der Waals surface area contributed by atoms with Crippen molar-refractivity contribution in [2.45, 2.75) is 18.9 Å². The normalized spacial score (nSPS) is 18.0. The SMILES string of the molecule is O=C(O)CN(C(=O)NC1CCCSC1)c1cccc(Cl)c1. The third-order valence-corrected chi connectivity index (χ3v) is 4.60. The van der Waals surface area contributed by atoms with Gasteiger partial charge in [-0.05, 0) is 36.8 Å². The summed E-state index contributed by atoms with van der Waals surface area (Å²) in [5, 5.41) is 12.4. The van der Waals surface area contributed by atoms with Crippen LogP contribution in [0.3, 0.4) is 0 Å². The lowest BCUT2D eigenvalue weighted by molar-refractivity contribution is -0.135. The predicted molar refractivity (Wildman–Crippen MR) is 85.3 cm³/mol. The summed E-state index contributed by atoms with van der Waals surface area (Å²) in [7, 11) is 0. The van der Waals surface area contributed by atoms with Crippen LogP contribution < -0.4 is 10.2 Å². The first-order valence-corrected chi connectivity index (χ1v) is 8.22. The molecule has 1 unspecified atom stereocenters. The van der Waals surface area contributed by atoms with Crippen molar-refractivity contribution < 1.29 is 14.7 Å². The molecule has 0 radical (unpaired) electrons. The molecule has 2 amide bonds. The molecule has 1 aromatic rings. The number of aliphatic carboxylic acids is 1. The quantitative estimate of drug-likeness (QED) is 0.891. The molecule has 5 nitrogen and oxygen atoms in total. The van der Waals surface area contributed by atoms with E-state index in [-0.39, 0.29) is 6.04 Å². The second-order valence-electron chi connectivity index (χ2n) is 4.82. The van der Waals surface area contributed by atoms with E-state index < -0.39 is 18.5 Å². The fraction of sp³-hybridized carbons (Fsp3) is 0.429. The Bertz CT molecular complexity index is 521. The van der Waals surface area contributed by atoms with Crippen molar-refractivity contribution >= 4 is 41.1 Å². The first-order chi connectivity index (χ1) is 10.1. The van der Waals surface area contributed by atoms with Crippen LogP contribution >= 0.6 is 23.4 Å². The number of hydrogen-bond donors (Lipinski definition) is 2. The zero-order valence-electron chi connectivity index (χ0n) is 11.4. The van der Waals surface area contributed by atoms with Crippen LogP contribution in [0.5, 0.6) is 0 Å². The molecule has 0 spiro atoms. The molecule has 1 heterocycles. The molecule has 1 aliphatic rings. The maximum atomic E-state index is 12.4. The minimum Gasteiger partial charge on any atom is -0.480 e. The highest BCUT2D eigenvalue weighted by atomic mass is 35.5. The number of urea groups is 1. The Morgan fingerprint density at radius 2 is 2.29 bits per heavy atom. The molecular weight excluding hydrogens is 312 g/mol. The number of carbonyl (C=O) groups excluding carboxylic acids is 1. The van der Waals surface area contributed by atoms with Gasteiger partial charge in [-0.1, -0.05) is 17.7 Å². The maximum Gasteiger partial charge on any atom is 0.323 e. The number of benzene rings is 1. The van der Waals surface area contributed by atoms with Crippen LogP contribution in [0.15, 0.2) is 24.3 Å². The fourth-order valence-corrected chi connectivity index (χ4v) is 3.42. The number of anilines is 1. The van der Waals surface area contributed by atoms with Gasteiger partial charge in [-0.3, -0.25) is 9.69 Å². The zero-order valence-corrected chi connectivity index (χ0v) is 13.0. The summed E-state index contributed by atoms with van der Waals surface area (Å²) in [4.78, 5) is 24.6. The van der Waals surface area contributed by atoms with Gasteiger partial charge in [-0.15, -0.1) is 0 Å². The standard InChI is InChI=1S/C14H17ClN2O3S/c15-10-3-1-5-12(7-10)17(8-13(18)19)14(20)16-11-4-2-6-21-9-11/h1,3,5,7,11H,2,4,6,8-9H2,(H,16,20)(H,18,19). The molecule has 0 aliphatic carbocycles. The summed E-state index contributed by atoms with van der Waals surface area (Å²) >= 11 is 7.71. The number of carbonyl (C=O) groups is 2. The molecule has 2 N–H and O–H groups in total. The number of nitrogens with zero attached hydrogens (tertiary/aromatic N) is 1. The first kappa shape index (κ1) is 16.0. The van der Waals surface area contributed by atoms with Gasteiger partial charge in [-0.25, -0.2) is 4.79 Å². The van der Waals surface area contributed by atoms with Crippen LogP contribution in [0.1, 0.15) is 12.8 Å². The van der Waals surface area contributed by atoms with Crippen molar-refractivity contribution in [3.05, 3.63) is 29.3 Å². The minimum absolute atomic E-state index is 0.0896. The van der Waals surface area contributed by atoms with Gasteiger partial charge in [0.1, 0.15) is 6.54 Å². The van der Waals surface area contributed by atoms with Crippen LogP contribution in [-0.2, 0) is 4.79 Å². The molecule has 1 atom stereocenters. The Morgan fingerprint density at radius 3 is 2.90 bits per heavy atom. The predicted octanol–water partition coefficient (Wildman–Crippen LogP) is 2.84. The molecule has 7 heteroatoms. The topological polar surface area (TPSA) is 69.6 Å². The molecule has 114 valence electrons. The average molecular weight is 329 g/mol. The lowest BCUT2D eigenvalue weighted by Gasteiger charge is -2.27. The van der Waals surface area contributed by atoms with E-state index in [0.29, 0.717) is 10.7 Å². The molecule has 1 saturated heterocycles. The van der Waals surface area contributed by atoms with Crippen molar-refractivity contribution in [3.63, 3.8) is 0 Å². The number of hydrogen-bond acceptors (Lipinski definition) is 3. The average Bonchev–Trinajstić information content (AvgIpc) is 2.45. The number of halogens is 1. The molecule has 0 aromatic heterocycles. The molecule has 1 aliphatic heterocycles. The Balaban J connectivity index is 2.11. The second-order valence-corrected chi connectivity index (χ2v) is 6.41. The van der Waals surface area contributed by atoms with Gasteiger partial charge in [-0.2, -0.15) is 11.8 Å². The van der Waals surface area contributed by atoms with E-state index in [2.05, 4.69) is 5.32 Å². The highest BCUT2D eigenvalue weighted by Crippen LogP contribution is 2.21. The van der Waals surface area contributed by atoms with Crippen molar-refractivity contribution in [2.24, 2.45) is 0 Å². The highest BCUT2D eigenvalue weighted by molar-refractivity contribution is 7.99. The molecule has 0 saturated carbocycles. The zero-order chi connectivity index (χ0) is 15.2. The monoisotopic (exact) mass is 328 g/mol. The van der Waals surface area contributed by atoms with Crippen LogP contribution in [-0.4, -0.2) is 41.2 Å². The third-order valence-electron chi connectivity index (χ3n) is 3.15. The number of carboxylic acid groups (broad SMARTS) is 1. The molecule has 2 rings (SSSR count). The van der Waals surface area contributed by atoms with Gasteiger partial charge >= 0.3 is 12.0 Å². The van der Waals surface area contributed by atoms with Gasteiger partial charge in [0.25, 0.3) is 0 Å². The Kier molecular flexibility index (Phi) is 5.76.